The molecule has 1 aromatic heterocycles. The first-order valence-corrected chi connectivity index (χ1v) is 8.50. The second-order valence-electron chi connectivity index (χ2n) is 6.12. The molecule has 128 valence electrons. The van der Waals surface area contributed by atoms with Gasteiger partial charge in [0.05, 0.1) is 5.39 Å². The monoisotopic (exact) mass is 343 g/mol. The van der Waals surface area contributed by atoms with Crippen LogP contribution in [0.2, 0.25) is 0 Å². The summed E-state index contributed by atoms with van der Waals surface area (Å²) in [5.41, 5.74) is 1.37. The first-order chi connectivity index (χ1) is 12.7. The van der Waals surface area contributed by atoms with Gasteiger partial charge in [-0.2, -0.15) is 0 Å². The van der Waals surface area contributed by atoms with Crippen LogP contribution in [-0.2, 0) is 6.42 Å². The largest absolute Gasteiger partial charge is 0.451 e. The molecule has 4 heteroatoms. The molecule has 0 radical (unpaired) electrons. The molecule has 1 amide bonds. The van der Waals surface area contributed by atoms with E-state index in [1.54, 1.807) is 24.3 Å². The highest BCUT2D eigenvalue weighted by Crippen LogP contribution is 2.18. The smallest absolute Gasteiger partial charge is 0.287 e. The lowest BCUT2D eigenvalue weighted by atomic mass is 10.0. The maximum atomic E-state index is 12.4. The van der Waals surface area contributed by atoms with Crippen LogP contribution in [0.1, 0.15) is 16.1 Å². The molecule has 3 aromatic carbocycles. The lowest BCUT2D eigenvalue weighted by Crippen LogP contribution is -2.26. The van der Waals surface area contributed by atoms with Crippen LogP contribution in [0.3, 0.4) is 0 Å². The van der Waals surface area contributed by atoms with E-state index in [-0.39, 0.29) is 17.1 Å². The molecule has 0 unspecified atom stereocenters. The molecular formula is C22H17NO3. The molecular weight excluding hydrogens is 326 g/mol. The summed E-state index contributed by atoms with van der Waals surface area (Å²) >= 11 is 0. The highest BCUT2D eigenvalue weighted by molar-refractivity contribution is 5.93. The van der Waals surface area contributed by atoms with Crippen molar-refractivity contribution in [2.24, 2.45) is 0 Å². The van der Waals surface area contributed by atoms with Crippen molar-refractivity contribution in [1.82, 2.24) is 5.32 Å². The highest BCUT2D eigenvalue weighted by Gasteiger charge is 2.12. The summed E-state index contributed by atoms with van der Waals surface area (Å²) in [5, 5.41) is 5.66. The number of amides is 1. The first-order valence-electron chi connectivity index (χ1n) is 8.50. The van der Waals surface area contributed by atoms with Crippen molar-refractivity contribution >= 4 is 27.6 Å². The molecule has 4 rings (SSSR count). The SMILES string of the molecule is O=C(NCCc1cccc2ccccc12)c1cc(=O)c2ccccc2o1. The fourth-order valence-corrected chi connectivity index (χ4v) is 3.12. The second-order valence-corrected chi connectivity index (χ2v) is 6.12. The van der Waals surface area contributed by atoms with E-state index in [0.29, 0.717) is 23.9 Å². The Bertz CT molecular complexity index is 1160. The standard InChI is InChI=1S/C22H17NO3/c24-19-14-21(26-20-11-4-3-10-18(19)20)22(25)23-13-12-16-8-5-7-15-6-1-2-9-17(15)16/h1-11,14H,12-13H2,(H,23,25). The van der Waals surface area contributed by atoms with Gasteiger partial charge >= 0.3 is 0 Å². The molecule has 26 heavy (non-hydrogen) atoms. The molecule has 0 aliphatic heterocycles. The van der Waals surface area contributed by atoms with Gasteiger partial charge in [-0.15, -0.1) is 0 Å². The number of benzene rings is 3. The third kappa shape index (κ3) is 3.09. The lowest BCUT2D eigenvalue weighted by molar-refractivity contribution is 0.0927. The van der Waals surface area contributed by atoms with Crippen molar-refractivity contribution in [3.63, 3.8) is 0 Å². The van der Waals surface area contributed by atoms with E-state index < -0.39 is 0 Å². The van der Waals surface area contributed by atoms with Crippen molar-refractivity contribution in [2.45, 2.75) is 6.42 Å². The number of para-hydroxylation sites is 1. The van der Waals surface area contributed by atoms with Crippen LogP contribution in [0.5, 0.6) is 0 Å². The van der Waals surface area contributed by atoms with Gasteiger partial charge in [0.25, 0.3) is 5.91 Å². The molecule has 0 saturated heterocycles. The number of fused-ring (bicyclic) bond motifs is 2. The number of carbonyl (C=O) groups excluding carboxylic acids is 1. The molecule has 1 N–H and O–H groups in total. The summed E-state index contributed by atoms with van der Waals surface area (Å²) in [5.74, 6) is -0.347. The van der Waals surface area contributed by atoms with Crippen molar-refractivity contribution in [3.05, 3.63) is 94.3 Å². The molecule has 4 aromatic rings. The Morgan fingerprint density at radius 3 is 2.50 bits per heavy atom. The zero-order valence-electron chi connectivity index (χ0n) is 14.1. The summed E-state index contributed by atoms with van der Waals surface area (Å²) in [7, 11) is 0. The average Bonchev–Trinajstić information content (AvgIpc) is 2.68. The minimum absolute atomic E-state index is 0.0339. The van der Waals surface area contributed by atoms with Gasteiger partial charge in [0, 0.05) is 12.6 Å². The van der Waals surface area contributed by atoms with E-state index in [1.165, 1.54) is 22.4 Å². The first kappa shape index (κ1) is 16.1. The van der Waals surface area contributed by atoms with Gasteiger partial charge in [-0.1, -0.05) is 54.6 Å². The van der Waals surface area contributed by atoms with Gasteiger partial charge in [0.1, 0.15) is 5.58 Å². The molecule has 0 spiro atoms. The molecule has 0 atom stereocenters. The predicted octanol–water partition coefficient (Wildman–Crippen LogP) is 3.92. The van der Waals surface area contributed by atoms with Gasteiger partial charge in [0.2, 0.25) is 0 Å². The van der Waals surface area contributed by atoms with Crippen LogP contribution in [-0.4, -0.2) is 12.5 Å². The predicted molar refractivity (Wildman–Crippen MR) is 102 cm³/mol. The van der Waals surface area contributed by atoms with Crippen LogP contribution in [0.4, 0.5) is 0 Å². The molecule has 4 nitrogen and oxygen atoms in total. The molecule has 0 aliphatic carbocycles. The minimum Gasteiger partial charge on any atom is -0.451 e. The van der Waals surface area contributed by atoms with Gasteiger partial charge in [-0.25, -0.2) is 0 Å². The summed E-state index contributed by atoms with van der Waals surface area (Å²) in [6.45, 7) is 0.462. The van der Waals surface area contributed by atoms with Crippen molar-refractivity contribution in [3.8, 4) is 0 Å². The van der Waals surface area contributed by atoms with Crippen LogP contribution < -0.4 is 10.7 Å². The molecule has 0 fully saturated rings. The minimum atomic E-state index is -0.381. The summed E-state index contributed by atoms with van der Waals surface area (Å²) in [4.78, 5) is 24.5. The van der Waals surface area contributed by atoms with Crippen molar-refractivity contribution in [2.75, 3.05) is 6.54 Å². The van der Waals surface area contributed by atoms with Crippen molar-refractivity contribution < 1.29 is 9.21 Å². The normalized spacial score (nSPS) is 10.9. The van der Waals surface area contributed by atoms with E-state index in [1.807, 2.05) is 18.2 Å². The molecule has 1 heterocycles. The zero-order chi connectivity index (χ0) is 17.9. The molecule has 0 aliphatic rings. The molecule has 0 saturated carbocycles. The Hall–Kier alpha value is -3.40. The Morgan fingerprint density at radius 1 is 0.885 bits per heavy atom. The van der Waals surface area contributed by atoms with Crippen LogP contribution in [0.15, 0.2) is 82.0 Å². The quantitative estimate of drug-likeness (QED) is 0.611. The van der Waals surface area contributed by atoms with Crippen molar-refractivity contribution in [1.29, 1.82) is 0 Å². The van der Waals surface area contributed by atoms with E-state index >= 15 is 0 Å². The van der Waals surface area contributed by atoms with E-state index in [2.05, 4.69) is 29.6 Å². The van der Waals surface area contributed by atoms with E-state index in [4.69, 9.17) is 4.42 Å². The summed E-state index contributed by atoms with van der Waals surface area (Å²) in [6.07, 6.45) is 0.699. The average molecular weight is 343 g/mol. The third-order valence-electron chi connectivity index (χ3n) is 4.42. The number of rotatable bonds is 4. The van der Waals surface area contributed by atoms with Crippen LogP contribution in [0.25, 0.3) is 21.7 Å². The Kier molecular flexibility index (Phi) is 4.23. The Morgan fingerprint density at radius 2 is 1.62 bits per heavy atom. The maximum absolute atomic E-state index is 12.4. The van der Waals surface area contributed by atoms with Crippen LogP contribution >= 0.6 is 0 Å². The van der Waals surface area contributed by atoms with Gasteiger partial charge in [-0.3, -0.25) is 9.59 Å². The maximum Gasteiger partial charge on any atom is 0.287 e. The number of nitrogens with one attached hydrogen (secondary N) is 1. The third-order valence-corrected chi connectivity index (χ3v) is 4.42. The lowest BCUT2D eigenvalue weighted by Gasteiger charge is -2.08. The van der Waals surface area contributed by atoms with E-state index in [0.717, 1.165) is 0 Å². The Balaban J connectivity index is 1.50. The fourth-order valence-electron chi connectivity index (χ4n) is 3.12. The number of hydrogen-bond donors (Lipinski definition) is 1. The van der Waals surface area contributed by atoms with Gasteiger partial charge in [0.15, 0.2) is 11.2 Å². The second kappa shape index (κ2) is 6.84. The topological polar surface area (TPSA) is 59.3 Å². The highest BCUT2D eigenvalue weighted by atomic mass is 16.3. The van der Waals surface area contributed by atoms with Gasteiger partial charge in [-0.05, 0) is 34.9 Å². The number of carbonyl (C=O) groups is 1. The zero-order valence-corrected chi connectivity index (χ0v) is 14.1. The van der Waals surface area contributed by atoms with Crippen LogP contribution in [0, 0.1) is 0 Å². The summed E-state index contributed by atoms with van der Waals surface area (Å²) < 4.78 is 5.57. The van der Waals surface area contributed by atoms with Gasteiger partial charge < -0.3 is 9.73 Å². The Labute approximate surface area is 150 Å². The van der Waals surface area contributed by atoms with E-state index in [9.17, 15) is 9.59 Å². The fraction of sp³-hybridized carbons (Fsp3) is 0.0909. The summed E-state index contributed by atoms with van der Waals surface area (Å²) in [6, 6.07) is 22.5. The number of hydrogen-bond acceptors (Lipinski definition) is 3. The molecule has 0 bridgehead atoms.